The number of anilines is 1. The van der Waals surface area contributed by atoms with E-state index in [2.05, 4.69) is 26.2 Å². The summed E-state index contributed by atoms with van der Waals surface area (Å²) in [5.41, 5.74) is 2.20. The van der Waals surface area contributed by atoms with E-state index in [4.69, 9.17) is 8.83 Å². The van der Waals surface area contributed by atoms with E-state index < -0.39 is 11.5 Å². The molecule has 3 aromatic carbocycles. The minimum atomic E-state index is -0.689. The molecule has 0 bridgehead atoms. The van der Waals surface area contributed by atoms with Gasteiger partial charge in [-0.3, -0.25) is 4.79 Å². The molecule has 0 saturated heterocycles. The Bertz CT molecular complexity index is 1470. The van der Waals surface area contributed by atoms with Crippen LogP contribution in [0.1, 0.15) is 10.4 Å². The van der Waals surface area contributed by atoms with Gasteiger partial charge in [0.2, 0.25) is 5.89 Å². The highest BCUT2D eigenvalue weighted by molar-refractivity contribution is 9.10. The molecule has 146 valence electrons. The number of rotatable bonds is 3. The molecule has 6 nitrogen and oxygen atoms in total. The summed E-state index contributed by atoms with van der Waals surface area (Å²) < 4.78 is 12.0. The summed E-state index contributed by atoms with van der Waals surface area (Å²) in [6.07, 6.45) is 0. The van der Waals surface area contributed by atoms with Crippen molar-refractivity contribution in [1.82, 2.24) is 4.98 Å². The van der Waals surface area contributed by atoms with E-state index in [0.717, 1.165) is 10.0 Å². The van der Waals surface area contributed by atoms with E-state index in [1.807, 2.05) is 30.3 Å². The molecule has 1 N–H and O–H groups in total. The zero-order chi connectivity index (χ0) is 20.7. The second-order valence-corrected chi connectivity index (χ2v) is 7.56. The Morgan fingerprint density at radius 1 is 0.900 bits per heavy atom. The summed E-state index contributed by atoms with van der Waals surface area (Å²) in [6, 6.07) is 21.3. The summed E-state index contributed by atoms with van der Waals surface area (Å²) in [4.78, 5) is 29.4. The Morgan fingerprint density at radius 3 is 2.53 bits per heavy atom. The first-order valence-corrected chi connectivity index (χ1v) is 9.87. The lowest BCUT2D eigenvalue weighted by atomic mass is 10.1. The second kappa shape index (κ2) is 7.27. The van der Waals surface area contributed by atoms with Crippen molar-refractivity contribution in [2.75, 3.05) is 5.32 Å². The van der Waals surface area contributed by atoms with Crippen LogP contribution in [0.5, 0.6) is 0 Å². The van der Waals surface area contributed by atoms with Crippen molar-refractivity contribution in [3.63, 3.8) is 0 Å². The van der Waals surface area contributed by atoms with Gasteiger partial charge < -0.3 is 14.2 Å². The molecule has 0 atom stereocenters. The average molecular weight is 461 g/mol. The summed E-state index contributed by atoms with van der Waals surface area (Å²) in [6.45, 7) is 0. The van der Waals surface area contributed by atoms with Gasteiger partial charge in [0.05, 0.1) is 0 Å². The van der Waals surface area contributed by atoms with Gasteiger partial charge in [-0.15, -0.1) is 0 Å². The van der Waals surface area contributed by atoms with Crippen molar-refractivity contribution in [2.45, 2.75) is 0 Å². The van der Waals surface area contributed by atoms with Crippen LogP contribution in [0.3, 0.4) is 0 Å². The van der Waals surface area contributed by atoms with E-state index in [0.29, 0.717) is 33.6 Å². The summed E-state index contributed by atoms with van der Waals surface area (Å²) in [5.74, 6) is -0.0679. The van der Waals surface area contributed by atoms with Crippen LogP contribution in [0, 0.1) is 0 Å². The number of halogens is 1. The molecule has 2 aromatic heterocycles. The normalized spacial score (nSPS) is 11.1. The van der Waals surface area contributed by atoms with E-state index in [9.17, 15) is 9.59 Å². The molecular weight excluding hydrogens is 448 g/mol. The van der Waals surface area contributed by atoms with E-state index in [-0.39, 0.29) is 5.56 Å². The van der Waals surface area contributed by atoms with Crippen molar-refractivity contribution in [1.29, 1.82) is 0 Å². The Morgan fingerprint density at radius 2 is 1.70 bits per heavy atom. The first kappa shape index (κ1) is 18.3. The molecule has 0 unspecified atom stereocenters. The average Bonchev–Trinajstić information content (AvgIpc) is 3.17. The maximum absolute atomic E-state index is 12.7. The third kappa shape index (κ3) is 3.40. The molecule has 0 aliphatic heterocycles. The number of amides is 1. The van der Waals surface area contributed by atoms with Gasteiger partial charge >= 0.3 is 5.63 Å². The topological polar surface area (TPSA) is 85.3 Å². The molecule has 0 radical (unpaired) electrons. The molecule has 0 aliphatic rings. The SMILES string of the molecule is O=C(Nc1ccc2oc(-c3ccc(Br)cc3)nc2c1)c1cc2ccccc2oc1=O. The molecule has 7 heteroatoms. The fourth-order valence-corrected chi connectivity index (χ4v) is 3.40. The van der Waals surface area contributed by atoms with Crippen LogP contribution in [-0.4, -0.2) is 10.9 Å². The largest absolute Gasteiger partial charge is 0.436 e. The first-order valence-electron chi connectivity index (χ1n) is 9.08. The summed E-state index contributed by atoms with van der Waals surface area (Å²) in [5, 5.41) is 3.40. The number of carbonyl (C=O) groups is 1. The third-order valence-corrected chi connectivity index (χ3v) is 5.15. The Labute approximate surface area is 178 Å². The van der Waals surface area contributed by atoms with Crippen molar-refractivity contribution in [3.05, 3.63) is 93.3 Å². The van der Waals surface area contributed by atoms with Crippen LogP contribution in [0.4, 0.5) is 5.69 Å². The van der Waals surface area contributed by atoms with Crippen LogP contribution in [0.15, 0.2) is 90.9 Å². The molecule has 0 saturated carbocycles. The molecule has 1 amide bonds. The minimum absolute atomic E-state index is 0.0653. The second-order valence-electron chi connectivity index (χ2n) is 6.65. The van der Waals surface area contributed by atoms with Gasteiger partial charge in [0.15, 0.2) is 5.58 Å². The van der Waals surface area contributed by atoms with Crippen molar-refractivity contribution in [3.8, 4) is 11.5 Å². The van der Waals surface area contributed by atoms with Gasteiger partial charge in [0.25, 0.3) is 5.91 Å². The van der Waals surface area contributed by atoms with Gasteiger partial charge in [-0.05, 0) is 54.6 Å². The van der Waals surface area contributed by atoms with Crippen molar-refractivity contribution < 1.29 is 13.6 Å². The number of oxazole rings is 1. The van der Waals surface area contributed by atoms with Crippen LogP contribution in [0.2, 0.25) is 0 Å². The number of nitrogens with one attached hydrogen (secondary N) is 1. The Kier molecular flexibility index (Phi) is 4.44. The van der Waals surface area contributed by atoms with E-state index in [1.165, 1.54) is 6.07 Å². The number of para-hydroxylation sites is 1. The number of carbonyl (C=O) groups excluding carboxylic acids is 1. The minimum Gasteiger partial charge on any atom is -0.436 e. The standard InChI is InChI=1S/C23H13BrN2O4/c24-15-7-5-13(6-8-15)22-26-18-12-16(9-10-20(18)29-22)25-21(27)17-11-14-3-1-2-4-19(14)30-23(17)28/h1-12H,(H,25,27). The smallest absolute Gasteiger partial charge is 0.349 e. The highest BCUT2D eigenvalue weighted by Gasteiger charge is 2.15. The lowest BCUT2D eigenvalue weighted by molar-refractivity contribution is 0.102. The number of nitrogens with zero attached hydrogens (tertiary/aromatic N) is 1. The molecule has 0 spiro atoms. The molecule has 0 fully saturated rings. The van der Waals surface area contributed by atoms with Gasteiger partial charge in [0.1, 0.15) is 16.7 Å². The van der Waals surface area contributed by atoms with Crippen LogP contribution < -0.4 is 10.9 Å². The van der Waals surface area contributed by atoms with E-state index >= 15 is 0 Å². The lowest BCUT2D eigenvalue weighted by Gasteiger charge is -2.05. The Hall–Kier alpha value is -3.71. The van der Waals surface area contributed by atoms with E-state index in [1.54, 1.807) is 36.4 Å². The molecule has 2 heterocycles. The third-order valence-electron chi connectivity index (χ3n) is 4.62. The number of aromatic nitrogens is 1. The van der Waals surface area contributed by atoms with Crippen molar-refractivity contribution in [2.24, 2.45) is 0 Å². The monoisotopic (exact) mass is 460 g/mol. The fourth-order valence-electron chi connectivity index (χ4n) is 3.14. The predicted molar refractivity (Wildman–Crippen MR) is 118 cm³/mol. The predicted octanol–water partition coefficient (Wildman–Crippen LogP) is 5.62. The maximum Gasteiger partial charge on any atom is 0.349 e. The molecule has 30 heavy (non-hydrogen) atoms. The van der Waals surface area contributed by atoms with Crippen LogP contribution in [-0.2, 0) is 0 Å². The fraction of sp³-hybridized carbons (Fsp3) is 0. The zero-order valence-corrected chi connectivity index (χ0v) is 17.0. The van der Waals surface area contributed by atoms with Gasteiger partial charge in [-0.2, -0.15) is 0 Å². The summed E-state index contributed by atoms with van der Waals surface area (Å²) in [7, 11) is 0. The molecule has 0 aliphatic carbocycles. The van der Waals surface area contributed by atoms with Crippen LogP contribution >= 0.6 is 15.9 Å². The van der Waals surface area contributed by atoms with Gasteiger partial charge in [0, 0.05) is 21.1 Å². The quantitative estimate of drug-likeness (QED) is 0.353. The number of hydrogen-bond donors (Lipinski definition) is 1. The Balaban J connectivity index is 1.45. The number of hydrogen-bond acceptors (Lipinski definition) is 5. The summed E-state index contributed by atoms with van der Waals surface area (Å²) >= 11 is 3.40. The highest BCUT2D eigenvalue weighted by atomic mass is 79.9. The van der Waals surface area contributed by atoms with Gasteiger partial charge in [-0.25, -0.2) is 9.78 Å². The number of benzene rings is 3. The molecular formula is C23H13BrN2O4. The van der Waals surface area contributed by atoms with Crippen LogP contribution in [0.25, 0.3) is 33.5 Å². The molecule has 5 rings (SSSR count). The first-order chi connectivity index (χ1) is 14.6. The van der Waals surface area contributed by atoms with Gasteiger partial charge in [-0.1, -0.05) is 34.1 Å². The maximum atomic E-state index is 12.7. The number of fused-ring (bicyclic) bond motifs is 2. The van der Waals surface area contributed by atoms with Crippen molar-refractivity contribution >= 4 is 49.6 Å². The highest BCUT2D eigenvalue weighted by Crippen LogP contribution is 2.27. The zero-order valence-electron chi connectivity index (χ0n) is 15.4. The lowest BCUT2D eigenvalue weighted by Crippen LogP contribution is -2.20. The molecule has 5 aromatic rings.